The second-order valence-electron chi connectivity index (χ2n) is 11.1. The number of ether oxygens (including phenoxy) is 2. The van der Waals surface area contributed by atoms with E-state index in [9.17, 15) is 9.59 Å². The Kier molecular flexibility index (Phi) is 7.87. The van der Waals surface area contributed by atoms with Gasteiger partial charge in [-0.2, -0.15) is 0 Å². The van der Waals surface area contributed by atoms with E-state index in [1.165, 1.54) is 17.3 Å². The average Bonchev–Trinajstić information content (AvgIpc) is 3.67. The molecule has 0 unspecified atom stereocenters. The van der Waals surface area contributed by atoms with Crippen LogP contribution in [0.3, 0.4) is 0 Å². The van der Waals surface area contributed by atoms with Gasteiger partial charge in [0.15, 0.2) is 0 Å². The van der Waals surface area contributed by atoms with Gasteiger partial charge in [0.1, 0.15) is 5.82 Å². The Morgan fingerprint density at radius 1 is 1.28 bits per heavy atom. The number of rotatable bonds is 8. The summed E-state index contributed by atoms with van der Waals surface area (Å²) < 4.78 is 11.1. The van der Waals surface area contributed by atoms with Gasteiger partial charge in [0.25, 0.3) is 0 Å². The van der Waals surface area contributed by atoms with Crippen molar-refractivity contribution in [2.24, 2.45) is 5.92 Å². The maximum atomic E-state index is 13.0. The summed E-state index contributed by atoms with van der Waals surface area (Å²) in [5, 5.41) is 11.2. The Balaban J connectivity index is 1.55. The first-order valence-corrected chi connectivity index (χ1v) is 13.3. The number of hydrogen-bond acceptors (Lipinski definition) is 7. The number of aromatic nitrogens is 1. The number of esters is 1. The van der Waals surface area contributed by atoms with Crippen molar-refractivity contribution in [2.45, 2.75) is 84.5 Å². The first kappa shape index (κ1) is 26.4. The second-order valence-corrected chi connectivity index (χ2v) is 11.1. The topological polar surface area (TPSA) is 108 Å². The lowest BCUT2D eigenvalue weighted by molar-refractivity contribution is -0.142. The molecule has 1 aromatic rings. The van der Waals surface area contributed by atoms with Crippen LogP contribution in [0.2, 0.25) is 0 Å². The minimum atomic E-state index is -0.305. The highest BCUT2D eigenvalue weighted by atomic mass is 16.5. The first-order chi connectivity index (χ1) is 17.1. The summed E-state index contributed by atoms with van der Waals surface area (Å²) >= 11 is 0. The van der Waals surface area contributed by atoms with Crippen LogP contribution >= 0.6 is 0 Å². The Morgan fingerprint density at radius 3 is 2.67 bits per heavy atom. The van der Waals surface area contributed by atoms with Crippen LogP contribution in [0, 0.1) is 11.3 Å². The molecule has 9 nitrogen and oxygen atoms in total. The summed E-state index contributed by atoms with van der Waals surface area (Å²) in [7, 11) is 0. The summed E-state index contributed by atoms with van der Waals surface area (Å²) in [6, 6.07) is -0.164. The van der Waals surface area contributed by atoms with E-state index in [1.54, 1.807) is 6.92 Å². The van der Waals surface area contributed by atoms with E-state index >= 15 is 0 Å². The van der Waals surface area contributed by atoms with Crippen molar-refractivity contribution >= 4 is 24.0 Å². The lowest BCUT2D eigenvalue weighted by Crippen LogP contribution is -2.59. The molecule has 0 radical (unpaired) electrons. The molecular formula is C27H41N5O4. The van der Waals surface area contributed by atoms with Crippen molar-refractivity contribution in [1.29, 1.82) is 5.41 Å². The van der Waals surface area contributed by atoms with Crippen LogP contribution in [-0.2, 0) is 27.3 Å². The smallest absolute Gasteiger partial charge is 0.317 e. The molecule has 36 heavy (non-hydrogen) atoms. The predicted molar refractivity (Wildman–Crippen MR) is 139 cm³/mol. The quantitative estimate of drug-likeness (QED) is 0.418. The molecule has 198 valence electrons. The van der Waals surface area contributed by atoms with Gasteiger partial charge in [0, 0.05) is 55.9 Å². The zero-order chi connectivity index (χ0) is 26.0. The van der Waals surface area contributed by atoms with E-state index in [1.807, 2.05) is 4.90 Å². The van der Waals surface area contributed by atoms with E-state index < -0.39 is 0 Å². The molecule has 1 atom stereocenters. The lowest BCUT2D eigenvalue weighted by Gasteiger charge is -2.44. The number of carbonyl (C=O) groups excluding carboxylic acids is 2. The zero-order valence-corrected chi connectivity index (χ0v) is 22.4. The standard InChI is InChI=1S/C27H41N5O4/c1-6-35-23(33)9-10-29-26(34)32-12-11-31(15-22(32)17(2)3)25-20(14-28)19-13-27(4,5)36-16-21(19)24(30-25)18-7-8-18/h14,17-18,22,28H,6-13,15-16H2,1-5H3,(H,29,34)/t22-/m0/s1. The SMILES string of the molecule is CCOC(=O)CCNC(=O)N1CCN(c2nc(C3CC3)c3c(c2C=N)CC(C)(C)OC3)C[C@H]1C(C)C. The van der Waals surface area contributed by atoms with Crippen LogP contribution in [0.4, 0.5) is 10.6 Å². The van der Waals surface area contributed by atoms with Crippen LogP contribution in [0.25, 0.3) is 0 Å². The molecule has 2 fully saturated rings. The molecular weight excluding hydrogens is 458 g/mol. The molecule has 1 aromatic heterocycles. The molecule has 3 heterocycles. The molecule has 1 aliphatic carbocycles. The van der Waals surface area contributed by atoms with E-state index in [-0.39, 0.29) is 42.5 Å². The third-order valence-electron chi connectivity index (χ3n) is 7.44. The Labute approximate surface area is 214 Å². The number of nitrogens with zero attached hydrogens (tertiary/aromatic N) is 3. The van der Waals surface area contributed by atoms with E-state index in [2.05, 4.69) is 37.9 Å². The molecule has 0 aromatic carbocycles. The van der Waals surface area contributed by atoms with E-state index in [0.29, 0.717) is 38.8 Å². The number of hydrogen-bond donors (Lipinski definition) is 2. The highest BCUT2D eigenvalue weighted by Crippen LogP contribution is 2.45. The predicted octanol–water partition coefficient (Wildman–Crippen LogP) is 3.62. The first-order valence-electron chi connectivity index (χ1n) is 13.3. The van der Waals surface area contributed by atoms with Gasteiger partial charge in [-0.3, -0.25) is 4.79 Å². The highest BCUT2D eigenvalue weighted by Gasteiger charge is 2.39. The highest BCUT2D eigenvalue weighted by molar-refractivity contribution is 5.88. The van der Waals surface area contributed by atoms with Gasteiger partial charge in [-0.1, -0.05) is 13.8 Å². The molecule has 9 heteroatoms. The van der Waals surface area contributed by atoms with Gasteiger partial charge in [0.05, 0.1) is 37.0 Å². The molecule has 0 spiro atoms. The molecule has 0 bridgehead atoms. The van der Waals surface area contributed by atoms with Gasteiger partial charge < -0.3 is 30.0 Å². The van der Waals surface area contributed by atoms with Crippen molar-refractivity contribution in [3.05, 3.63) is 22.4 Å². The van der Waals surface area contributed by atoms with Gasteiger partial charge in [-0.05, 0) is 45.1 Å². The van der Waals surface area contributed by atoms with Crippen LogP contribution < -0.4 is 10.2 Å². The Bertz CT molecular complexity index is 1000. The van der Waals surface area contributed by atoms with Gasteiger partial charge in [-0.15, -0.1) is 0 Å². The third kappa shape index (κ3) is 5.66. The second kappa shape index (κ2) is 10.7. The number of urea groups is 1. The van der Waals surface area contributed by atoms with Crippen molar-refractivity contribution in [3.63, 3.8) is 0 Å². The van der Waals surface area contributed by atoms with Gasteiger partial charge >= 0.3 is 12.0 Å². The Hall–Kier alpha value is -2.68. The van der Waals surface area contributed by atoms with Gasteiger partial charge in [0.2, 0.25) is 0 Å². The third-order valence-corrected chi connectivity index (χ3v) is 7.44. The Morgan fingerprint density at radius 2 is 2.03 bits per heavy atom. The number of amides is 2. The summed E-state index contributed by atoms with van der Waals surface area (Å²) in [6.07, 6.45) is 4.69. The monoisotopic (exact) mass is 499 g/mol. The fourth-order valence-electron chi connectivity index (χ4n) is 5.32. The minimum Gasteiger partial charge on any atom is -0.466 e. The summed E-state index contributed by atoms with van der Waals surface area (Å²) in [5.41, 5.74) is 4.14. The van der Waals surface area contributed by atoms with Crippen molar-refractivity contribution in [3.8, 4) is 0 Å². The van der Waals surface area contributed by atoms with Crippen molar-refractivity contribution in [2.75, 3.05) is 37.7 Å². The fourth-order valence-corrected chi connectivity index (χ4v) is 5.32. The number of anilines is 1. The normalized spacial score (nSPS) is 21.2. The van der Waals surface area contributed by atoms with E-state index in [4.69, 9.17) is 19.9 Å². The molecule has 1 saturated heterocycles. The minimum absolute atomic E-state index is 0.0121. The molecule has 4 rings (SSSR count). The van der Waals surface area contributed by atoms with Crippen molar-refractivity contribution in [1.82, 2.24) is 15.2 Å². The molecule has 1 saturated carbocycles. The number of nitrogens with one attached hydrogen (secondary N) is 2. The summed E-state index contributed by atoms with van der Waals surface area (Å²) in [4.78, 5) is 34.0. The van der Waals surface area contributed by atoms with Gasteiger partial charge in [-0.25, -0.2) is 9.78 Å². The largest absolute Gasteiger partial charge is 0.466 e. The maximum absolute atomic E-state index is 13.0. The van der Waals surface area contributed by atoms with Crippen LogP contribution in [-0.4, -0.2) is 72.5 Å². The fraction of sp³-hybridized carbons (Fsp3) is 0.704. The molecule has 3 aliphatic rings. The van der Waals surface area contributed by atoms with E-state index in [0.717, 1.165) is 36.3 Å². The van der Waals surface area contributed by atoms with Crippen LogP contribution in [0.5, 0.6) is 0 Å². The average molecular weight is 500 g/mol. The zero-order valence-electron chi connectivity index (χ0n) is 22.4. The maximum Gasteiger partial charge on any atom is 0.317 e. The number of fused-ring (bicyclic) bond motifs is 1. The molecule has 2 amide bonds. The lowest BCUT2D eigenvalue weighted by atomic mass is 9.87. The number of carbonyl (C=O) groups is 2. The van der Waals surface area contributed by atoms with Crippen LogP contribution in [0.15, 0.2) is 0 Å². The summed E-state index contributed by atoms with van der Waals surface area (Å²) in [5.74, 6) is 1.28. The van der Waals surface area contributed by atoms with Crippen molar-refractivity contribution < 1.29 is 19.1 Å². The van der Waals surface area contributed by atoms with Crippen LogP contribution in [0.1, 0.15) is 82.2 Å². The molecule has 2 N–H and O–H groups in total. The summed E-state index contributed by atoms with van der Waals surface area (Å²) in [6.45, 7) is 13.2. The number of pyridine rings is 1. The number of piperazine rings is 1. The molecule has 2 aliphatic heterocycles.